The number of nitrogens with one attached hydrogen (secondary N) is 1. The molecule has 1 N–H and O–H groups in total. The summed E-state index contributed by atoms with van der Waals surface area (Å²) in [5.74, 6) is -0.898. The number of hydrogen-bond acceptors (Lipinski definition) is 6. The van der Waals surface area contributed by atoms with Crippen LogP contribution in [0.25, 0.3) is 11.3 Å². The molecular formula is C25H26F3N5O3S. The summed E-state index contributed by atoms with van der Waals surface area (Å²) in [6.07, 6.45) is 1.08. The quantitative estimate of drug-likeness (QED) is 0.435. The molecule has 0 atom stereocenters. The number of carbonyl (C=O) groups excluding carboxylic acids is 2. The van der Waals surface area contributed by atoms with E-state index in [2.05, 4.69) is 24.9 Å². The molecule has 1 aromatic carbocycles. The number of halogens is 3. The Morgan fingerprint density at radius 3 is 2.57 bits per heavy atom. The van der Waals surface area contributed by atoms with Crippen LogP contribution in [0.4, 0.5) is 18.9 Å². The van der Waals surface area contributed by atoms with Crippen LogP contribution in [0, 0.1) is 0 Å². The monoisotopic (exact) mass is 533 g/mol. The van der Waals surface area contributed by atoms with E-state index in [1.54, 1.807) is 11.6 Å². The van der Waals surface area contributed by atoms with Crippen LogP contribution in [0.1, 0.15) is 36.5 Å². The highest BCUT2D eigenvalue weighted by Gasteiger charge is 2.31. The molecule has 0 unspecified atom stereocenters. The molecule has 0 radical (unpaired) electrons. The Bertz CT molecular complexity index is 1310. The lowest BCUT2D eigenvalue weighted by atomic mass is 10.1. The van der Waals surface area contributed by atoms with Gasteiger partial charge in [-0.1, -0.05) is 0 Å². The Labute approximate surface area is 215 Å². The number of thiazole rings is 1. The molecule has 2 amide bonds. The van der Waals surface area contributed by atoms with Crippen molar-refractivity contribution in [3.8, 4) is 17.0 Å². The Kier molecular flexibility index (Phi) is 8.27. The van der Waals surface area contributed by atoms with E-state index in [1.165, 1.54) is 48.7 Å². The molecule has 12 heteroatoms. The summed E-state index contributed by atoms with van der Waals surface area (Å²) >= 11 is 1.25. The summed E-state index contributed by atoms with van der Waals surface area (Å²) < 4.78 is 43.4. The average Bonchev–Trinajstić information content (AvgIpc) is 3.52. The van der Waals surface area contributed by atoms with Crippen molar-refractivity contribution >= 4 is 28.8 Å². The van der Waals surface area contributed by atoms with E-state index < -0.39 is 12.3 Å². The first-order chi connectivity index (χ1) is 17.7. The molecule has 0 aliphatic carbocycles. The van der Waals surface area contributed by atoms with E-state index in [-0.39, 0.29) is 11.7 Å². The van der Waals surface area contributed by atoms with Crippen molar-refractivity contribution in [3.63, 3.8) is 0 Å². The molecule has 1 saturated heterocycles. The standard InChI is InChI=1S/C25H26F3N5O3S/c1-17(34)30-10-4-14-33-22(18-5-7-19(8-6-18)36-25(26,27)28)16-37-24(33)31-23(35)20-15-29-11-9-21(20)32-12-2-3-13-32/h5-9,11,15-16H,2-4,10,12-14H2,1H3,(H,30,34). The normalized spacial score (nSPS) is 14.2. The van der Waals surface area contributed by atoms with Crippen molar-refractivity contribution in [3.05, 3.63) is 58.5 Å². The minimum Gasteiger partial charge on any atom is -0.406 e. The topological polar surface area (TPSA) is 88.8 Å². The highest BCUT2D eigenvalue weighted by atomic mass is 32.1. The van der Waals surface area contributed by atoms with Gasteiger partial charge in [-0.15, -0.1) is 24.5 Å². The van der Waals surface area contributed by atoms with Gasteiger partial charge in [-0.3, -0.25) is 14.6 Å². The molecule has 0 spiro atoms. The van der Waals surface area contributed by atoms with Crippen molar-refractivity contribution in [1.29, 1.82) is 0 Å². The van der Waals surface area contributed by atoms with Crippen molar-refractivity contribution in [2.24, 2.45) is 4.99 Å². The van der Waals surface area contributed by atoms with Crippen molar-refractivity contribution in [2.75, 3.05) is 24.5 Å². The van der Waals surface area contributed by atoms with Gasteiger partial charge in [-0.05, 0) is 55.2 Å². The Hall–Kier alpha value is -3.67. The minimum atomic E-state index is -4.78. The van der Waals surface area contributed by atoms with Gasteiger partial charge in [0.2, 0.25) is 5.91 Å². The zero-order valence-electron chi connectivity index (χ0n) is 20.1. The predicted molar refractivity (Wildman–Crippen MR) is 133 cm³/mol. The third-order valence-electron chi connectivity index (χ3n) is 5.79. The van der Waals surface area contributed by atoms with Crippen LogP contribution in [0.15, 0.2) is 53.1 Å². The Balaban J connectivity index is 1.66. The molecule has 2 aromatic heterocycles. The second-order valence-electron chi connectivity index (χ2n) is 8.47. The SMILES string of the molecule is CC(=O)NCCCn1c(-c2ccc(OC(F)(F)F)cc2)csc1=NC(=O)c1cnccc1N1CCCC1. The summed E-state index contributed by atoms with van der Waals surface area (Å²) in [4.78, 5) is 35.6. The van der Waals surface area contributed by atoms with E-state index in [1.807, 2.05) is 10.6 Å². The maximum absolute atomic E-state index is 13.3. The number of nitrogens with zero attached hydrogens (tertiary/aromatic N) is 4. The molecule has 8 nitrogen and oxygen atoms in total. The molecule has 0 saturated carbocycles. The van der Waals surface area contributed by atoms with Crippen LogP contribution in [0.3, 0.4) is 0 Å². The molecular weight excluding hydrogens is 507 g/mol. The Morgan fingerprint density at radius 2 is 1.89 bits per heavy atom. The maximum atomic E-state index is 13.3. The summed E-state index contributed by atoms with van der Waals surface area (Å²) in [5.41, 5.74) is 2.54. The van der Waals surface area contributed by atoms with E-state index >= 15 is 0 Å². The molecule has 37 heavy (non-hydrogen) atoms. The first kappa shape index (κ1) is 26.4. The van der Waals surface area contributed by atoms with Gasteiger partial charge in [-0.25, -0.2) is 0 Å². The van der Waals surface area contributed by atoms with Gasteiger partial charge in [0, 0.05) is 50.9 Å². The summed E-state index contributed by atoms with van der Waals surface area (Å²) in [6, 6.07) is 7.33. The molecule has 4 rings (SSSR count). The number of rotatable bonds is 8. The summed E-state index contributed by atoms with van der Waals surface area (Å²) in [7, 11) is 0. The molecule has 1 aliphatic rings. The van der Waals surface area contributed by atoms with Crippen LogP contribution in [-0.4, -0.2) is 47.4 Å². The van der Waals surface area contributed by atoms with Crippen LogP contribution in [0.2, 0.25) is 0 Å². The van der Waals surface area contributed by atoms with Crippen molar-refractivity contribution in [1.82, 2.24) is 14.9 Å². The van der Waals surface area contributed by atoms with Gasteiger partial charge in [-0.2, -0.15) is 4.99 Å². The first-order valence-corrected chi connectivity index (χ1v) is 12.7. The van der Waals surface area contributed by atoms with E-state index in [4.69, 9.17) is 0 Å². The number of ether oxygens (including phenoxy) is 1. The largest absolute Gasteiger partial charge is 0.573 e. The number of hydrogen-bond donors (Lipinski definition) is 1. The van der Waals surface area contributed by atoms with E-state index in [9.17, 15) is 22.8 Å². The van der Waals surface area contributed by atoms with Crippen LogP contribution in [0.5, 0.6) is 5.75 Å². The number of anilines is 1. The summed E-state index contributed by atoms with van der Waals surface area (Å²) in [5, 5.41) is 4.54. The predicted octanol–water partition coefficient (Wildman–Crippen LogP) is 4.38. The lowest BCUT2D eigenvalue weighted by Gasteiger charge is -2.19. The van der Waals surface area contributed by atoms with Crippen LogP contribution in [-0.2, 0) is 11.3 Å². The molecule has 1 fully saturated rings. The van der Waals surface area contributed by atoms with Gasteiger partial charge in [0.15, 0.2) is 4.80 Å². The van der Waals surface area contributed by atoms with Gasteiger partial charge < -0.3 is 19.5 Å². The number of alkyl halides is 3. The number of pyridine rings is 1. The fraction of sp³-hybridized carbons (Fsp3) is 0.360. The third-order valence-corrected chi connectivity index (χ3v) is 6.65. The van der Waals surface area contributed by atoms with Gasteiger partial charge >= 0.3 is 6.36 Å². The molecule has 1 aliphatic heterocycles. The highest BCUT2D eigenvalue weighted by molar-refractivity contribution is 7.07. The number of aromatic nitrogens is 2. The summed E-state index contributed by atoms with van der Waals surface area (Å²) in [6.45, 7) is 4.01. The van der Waals surface area contributed by atoms with E-state index in [0.717, 1.165) is 31.6 Å². The zero-order chi connectivity index (χ0) is 26.4. The zero-order valence-corrected chi connectivity index (χ0v) is 20.9. The molecule has 0 bridgehead atoms. The molecule has 3 aromatic rings. The van der Waals surface area contributed by atoms with Crippen LogP contribution < -0.4 is 19.8 Å². The minimum absolute atomic E-state index is 0.151. The van der Waals surface area contributed by atoms with Crippen LogP contribution >= 0.6 is 11.3 Å². The van der Waals surface area contributed by atoms with E-state index in [0.29, 0.717) is 41.1 Å². The maximum Gasteiger partial charge on any atom is 0.573 e. The fourth-order valence-electron chi connectivity index (χ4n) is 4.13. The first-order valence-electron chi connectivity index (χ1n) is 11.8. The lowest BCUT2D eigenvalue weighted by Crippen LogP contribution is -2.25. The van der Waals surface area contributed by atoms with Crippen molar-refractivity contribution < 1.29 is 27.5 Å². The fourth-order valence-corrected chi connectivity index (χ4v) is 5.06. The third kappa shape index (κ3) is 6.97. The highest BCUT2D eigenvalue weighted by Crippen LogP contribution is 2.28. The average molecular weight is 534 g/mol. The molecule has 196 valence electrons. The smallest absolute Gasteiger partial charge is 0.406 e. The number of benzene rings is 1. The number of amides is 2. The lowest BCUT2D eigenvalue weighted by molar-refractivity contribution is -0.274. The van der Waals surface area contributed by atoms with Gasteiger partial charge in [0.1, 0.15) is 5.75 Å². The second kappa shape index (κ2) is 11.6. The molecule has 3 heterocycles. The number of carbonyl (C=O) groups is 2. The Morgan fingerprint density at radius 1 is 1.16 bits per heavy atom. The van der Waals surface area contributed by atoms with Gasteiger partial charge in [0.25, 0.3) is 5.91 Å². The van der Waals surface area contributed by atoms with Crippen molar-refractivity contribution in [2.45, 2.75) is 39.1 Å². The van der Waals surface area contributed by atoms with Gasteiger partial charge in [0.05, 0.1) is 16.9 Å². The second-order valence-corrected chi connectivity index (χ2v) is 9.30.